The first kappa shape index (κ1) is 17.6. The number of rotatable bonds is 4. The van der Waals surface area contributed by atoms with E-state index in [1.807, 2.05) is 36.4 Å². The number of piperidine rings is 1. The summed E-state index contributed by atoms with van der Waals surface area (Å²) >= 11 is 11.9. The molecule has 136 valence electrons. The predicted octanol–water partition coefficient (Wildman–Crippen LogP) is 4.70. The Kier molecular flexibility index (Phi) is 5.05. The number of halogens is 2. The van der Waals surface area contributed by atoms with Crippen molar-refractivity contribution in [3.8, 4) is 0 Å². The minimum absolute atomic E-state index is 0.00772. The van der Waals surface area contributed by atoms with E-state index >= 15 is 0 Å². The Bertz CT molecular complexity index is 789. The van der Waals surface area contributed by atoms with E-state index in [1.54, 1.807) is 6.20 Å². The molecule has 1 aliphatic heterocycles. The Hall–Kier alpha value is -1.78. The molecule has 1 aromatic heterocycles. The number of esters is 1. The molecule has 2 fully saturated rings. The van der Waals surface area contributed by atoms with Gasteiger partial charge in [-0.1, -0.05) is 35.3 Å². The molecule has 1 saturated carbocycles. The summed E-state index contributed by atoms with van der Waals surface area (Å²) in [5.41, 5.74) is 1.13. The van der Waals surface area contributed by atoms with Gasteiger partial charge in [0.15, 0.2) is 0 Å². The lowest BCUT2D eigenvalue weighted by molar-refractivity contribution is -0.151. The zero-order chi connectivity index (χ0) is 18.1. The maximum atomic E-state index is 12.4. The molecule has 0 spiro atoms. The van der Waals surface area contributed by atoms with Crippen LogP contribution in [0.1, 0.15) is 30.7 Å². The molecule has 2 unspecified atom stereocenters. The highest BCUT2D eigenvalue weighted by Crippen LogP contribution is 2.48. The lowest BCUT2D eigenvalue weighted by Gasteiger charge is -2.32. The van der Waals surface area contributed by atoms with Crippen LogP contribution in [0.2, 0.25) is 10.0 Å². The first-order valence-electron chi connectivity index (χ1n) is 8.92. The van der Waals surface area contributed by atoms with Crippen molar-refractivity contribution in [1.29, 1.82) is 0 Å². The van der Waals surface area contributed by atoms with E-state index in [0.717, 1.165) is 43.7 Å². The van der Waals surface area contributed by atoms with E-state index in [1.165, 1.54) is 0 Å². The molecule has 2 aromatic rings. The van der Waals surface area contributed by atoms with Gasteiger partial charge in [-0.25, -0.2) is 4.98 Å². The zero-order valence-corrected chi connectivity index (χ0v) is 15.8. The van der Waals surface area contributed by atoms with Gasteiger partial charge >= 0.3 is 5.97 Å². The smallest absolute Gasteiger partial charge is 0.309 e. The van der Waals surface area contributed by atoms with Crippen LogP contribution in [0.15, 0.2) is 42.6 Å². The number of hydrogen-bond acceptors (Lipinski definition) is 4. The summed E-state index contributed by atoms with van der Waals surface area (Å²) in [7, 11) is 0. The van der Waals surface area contributed by atoms with Crippen LogP contribution in [0.25, 0.3) is 0 Å². The number of anilines is 1. The minimum atomic E-state index is -0.0713. The van der Waals surface area contributed by atoms with Crippen LogP contribution in [-0.4, -0.2) is 30.1 Å². The fraction of sp³-hybridized carbons (Fsp3) is 0.400. The van der Waals surface area contributed by atoms with Gasteiger partial charge in [0.2, 0.25) is 0 Å². The predicted molar refractivity (Wildman–Crippen MR) is 103 cm³/mol. The highest BCUT2D eigenvalue weighted by molar-refractivity contribution is 6.30. The molecule has 1 saturated heterocycles. The number of carbonyl (C=O) groups excluding carboxylic acids is 1. The number of aromatic nitrogens is 1. The second-order valence-corrected chi connectivity index (χ2v) is 7.83. The van der Waals surface area contributed by atoms with Crippen molar-refractivity contribution >= 4 is 35.0 Å². The number of carbonyl (C=O) groups is 1. The van der Waals surface area contributed by atoms with Gasteiger partial charge in [0, 0.05) is 37.2 Å². The third-order valence-corrected chi connectivity index (χ3v) is 5.59. The van der Waals surface area contributed by atoms with Crippen molar-refractivity contribution in [3.05, 3.63) is 58.2 Å². The quantitative estimate of drug-likeness (QED) is 0.709. The van der Waals surface area contributed by atoms with Crippen molar-refractivity contribution in [1.82, 2.24) is 4.98 Å². The van der Waals surface area contributed by atoms with E-state index in [9.17, 15) is 4.79 Å². The van der Waals surface area contributed by atoms with Gasteiger partial charge in [-0.05, 0) is 42.2 Å². The number of pyridine rings is 1. The van der Waals surface area contributed by atoms with E-state index in [0.29, 0.717) is 10.0 Å². The Morgan fingerprint density at radius 1 is 1.12 bits per heavy atom. The van der Waals surface area contributed by atoms with Crippen LogP contribution < -0.4 is 4.90 Å². The number of hydrogen-bond donors (Lipinski definition) is 0. The maximum Gasteiger partial charge on any atom is 0.309 e. The Morgan fingerprint density at radius 3 is 2.62 bits per heavy atom. The lowest BCUT2D eigenvalue weighted by Crippen LogP contribution is -2.38. The van der Waals surface area contributed by atoms with Crippen LogP contribution in [-0.2, 0) is 9.53 Å². The third-order valence-electron chi connectivity index (χ3n) is 5.13. The summed E-state index contributed by atoms with van der Waals surface area (Å²) in [6.07, 6.45) is 4.15. The SMILES string of the molecule is O=C(OC1CCN(c2ccc(Cl)cn2)CC1)C1CC1c1cccc(Cl)c1. The molecule has 2 atom stereocenters. The van der Waals surface area contributed by atoms with Gasteiger partial charge in [-0.3, -0.25) is 4.79 Å². The van der Waals surface area contributed by atoms with Crippen LogP contribution in [0.3, 0.4) is 0 Å². The molecule has 2 aliphatic rings. The van der Waals surface area contributed by atoms with E-state index in [4.69, 9.17) is 27.9 Å². The Balaban J connectivity index is 1.27. The molecule has 2 heterocycles. The molecular weight excluding hydrogens is 371 g/mol. The van der Waals surface area contributed by atoms with Gasteiger partial charge in [-0.2, -0.15) is 0 Å². The number of benzene rings is 1. The topological polar surface area (TPSA) is 42.4 Å². The van der Waals surface area contributed by atoms with Crippen molar-refractivity contribution < 1.29 is 9.53 Å². The van der Waals surface area contributed by atoms with Gasteiger partial charge < -0.3 is 9.64 Å². The Morgan fingerprint density at radius 2 is 1.92 bits per heavy atom. The highest BCUT2D eigenvalue weighted by Gasteiger charge is 2.46. The van der Waals surface area contributed by atoms with Crippen molar-refractivity contribution in [2.75, 3.05) is 18.0 Å². The van der Waals surface area contributed by atoms with Crippen LogP contribution in [0, 0.1) is 5.92 Å². The molecule has 1 aliphatic carbocycles. The average Bonchev–Trinajstić information content (AvgIpc) is 3.44. The standard InChI is InChI=1S/C20H20Cl2N2O2/c21-14-3-1-2-13(10-14)17-11-18(17)20(25)26-16-6-8-24(9-7-16)19-5-4-15(22)12-23-19/h1-5,10,12,16-18H,6-9,11H2. The Labute approximate surface area is 163 Å². The molecular formula is C20H20Cl2N2O2. The fourth-order valence-electron chi connectivity index (χ4n) is 3.57. The molecule has 4 rings (SSSR count). The van der Waals surface area contributed by atoms with E-state index in [2.05, 4.69) is 9.88 Å². The van der Waals surface area contributed by atoms with Crippen molar-refractivity contribution in [2.24, 2.45) is 5.92 Å². The fourth-order valence-corrected chi connectivity index (χ4v) is 3.88. The van der Waals surface area contributed by atoms with Gasteiger partial charge in [0.1, 0.15) is 11.9 Å². The normalized spacial score (nSPS) is 22.9. The molecule has 0 bridgehead atoms. The second kappa shape index (κ2) is 7.45. The molecule has 0 radical (unpaired) electrons. The third kappa shape index (κ3) is 3.97. The largest absolute Gasteiger partial charge is 0.462 e. The van der Waals surface area contributed by atoms with Crippen molar-refractivity contribution in [3.63, 3.8) is 0 Å². The zero-order valence-electron chi connectivity index (χ0n) is 14.3. The maximum absolute atomic E-state index is 12.4. The molecule has 1 aromatic carbocycles. The van der Waals surface area contributed by atoms with Crippen molar-refractivity contribution in [2.45, 2.75) is 31.3 Å². The lowest BCUT2D eigenvalue weighted by atomic mass is 10.1. The summed E-state index contributed by atoms with van der Waals surface area (Å²) in [6, 6.07) is 11.5. The molecule has 0 amide bonds. The van der Waals surface area contributed by atoms with E-state index in [-0.39, 0.29) is 23.9 Å². The van der Waals surface area contributed by atoms with Crippen LogP contribution >= 0.6 is 23.2 Å². The monoisotopic (exact) mass is 390 g/mol. The molecule has 4 nitrogen and oxygen atoms in total. The summed E-state index contributed by atoms with van der Waals surface area (Å²) in [6.45, 7) is 1.66. The average molecular weight is 391 g/mol. The van der Waals surface area contributed by atoms with Gasteiger partial charge in [0.05, 0.1) is 10.9 Å². The summed E-state index contributed by atoms with van der Waals surface area (Å²) < 4.78 is 5.76. The van der Waals surface area contributed by atoms with Gasteiger partial charge in [-0.15, -0.1) is 0 Å². The van der Waals surface area contributed by atoms with E-state index < -0.39 is 0 Å². The molecule has 6 heteroatoms. The van der Waals surface area contributed by atoms with Gasteiger partial charge in [0.25, 0.3) is 0 Å². The highest BCUT2D eigenvalue weighted by atomic mass is 35.5. The number of nitrogens with zero attached hydrogens (tertiary/aromatic N) is 2. The number of ether oxygens (including phenoxy) is 1. The minimum Gasteiger partial charge on any atom is -0.462 e. The molecule has 26 heavy (non-hydrogen) atoms. The van der Waals surface area contributed by atoms with Crippen LogP contribution in [0.5, 0.6) is 0 Å². The van der Waals surface area contributed by atoms with Crippen LogP contribution in [0.4, 0.5) is 5.82 Å². The first-order chi connectivity index (χ1) is 12.6. The molecule has 0 N–H and O–H groups in total. The summed E-state index contributed by atoms with van der Waals surface area (Å²) in [5, 5.41) is 1.35. The first-order valence-corrected chi connectivity index (χ1v) is 9.68. The second-order valence-electron chi connectivity index (χ2n) is 6.96. The summed E-state index contributed by atoms with van der Waals surface area (Å²) in [4.78, 5) is 19.0. The summed E-state index contributed by atoms with van der Waals surface area (Å²) in [5.74, 6) is 1.07.